The first kappa shape index (κ1) is 16.5. The highest BCUT2D eigenvalue weighted by Crippen LogP contribution is 2.39. The minimum absolute atomic E-state index is 0.155. The molecule has 0 spiro atoms. The highest BCUT2D eigenvalue weighted by Gasteiger charge is 2.19. The third-order valence-electron chi connectivity index (χ3n) is 3.83. The highest BCUT2D eigenvalue weighted by atomic mass is 16.5. The van der Waals surface area contributed by atoms with Gasteiger partial charge in [0.25, 0.3) is 0 Å². The van der Waals surface area contributed by atoms with E-state index in [1.54, 1.807) is 12.1 Å². The molecule has 0 aromatic heterocycles. The number of phenols is 1. The summed E-state index contributed by atoms with van der Waals surface area (Å²) in [5.41, 5.74) is 6.92. The van der Waals surface area contributed by atoms with E-state index in [4.69, 9.17) is 10.5 Å². The van der Waals surface area contributed by atoms with Crippen molar-refractivity contribution in [2.45, 2.75) is 52.4 Å². The molecule has 0 amide bonds. The maximum absolute atomic E-state index is 11.4. The molecule has 0 saturated carbocycles. The summed E-state index contributed by atoms with van der Waals surface area (Å²) in [7, 11) is 0. The molecule has 0 heterocycles. The first-order chi connectivity index (χ1) is 9.44. The molecule has 3 N–H and O–H groups in total. The third kappa shape index (κ3) is 3.73. The van der Waals surface area contributed by atoms with Gasteiger partial charge < -0.3 is 15.6 Å². The van der Waals surface area contributed by atoms with Gasteiger partial charge >= 0.3 is 5.97 Å². The Morgan fingerprint density at radius 1 is 1.20 bits per heavy atom. The Kier molecular flexibility index (Phi) is 6.02. The maximum atomic E-state index is 11.4. The molecule has 0 fully saturated rings. The molecule has 20 heavy (non-hydrogen) atoms. The molecule has 0 aliphatic heterocycles. The van der Waals surface area contributed by atoms with Crippen LogP contribution >= 0.6 is 0 Å². The quantitative estimate of drug-likeness (QED) is 0.619. The standard InChI is InChI=1S/C16H25NO3/c1-5-10(3)13-7-12(20-15(18)9-17)8-14(16(13)19)11(4)6-2/h7-8,10-11,19H,5-6,9,17H2,1-4H3. The molecule has 112 valence electrons. The Balaban J connectivity index is 3.29. The fourth-order valence-electron chi connectivity index (χ4n) is 2.07. The lowest BCUT2D eigenvalue weighted by atomic mass is 9.90. The van der Waals surface area contributed by atoms with E-state index in [0.717, 1.165) is 24.0 Å². The van der Waals surface area contributed by atoms with E-state index in [-0.39, 0.29) is 18.4 Å². The van der Waals surface area contributed by atoms with Gasteiger partial charge in [0.2, 0.25) is 0 Å². The van der Waals surface area contributed by atoms with Crippen LogP contribution in [0, 0.1) is 0 Å². The van der Waals surface area contributed by atoms with Crippen LogP contribution in [0.25, 0.3) is 0 Å². The first-order valence-corrected chi connectivity index (χ1v) is 7.22. The van der Waals surface area contributed by atoms with Gasteiger partial charge in [0.1, 0.15) is 11.5 Å². The summed E-state index contributed by atoms with van der Waals surface area (Å²) in [6.45, 7) is 8.06. The molecule has 0 radical (unpaired) electrons. The van der Waals surface area contributed by atoms with Gasteiger partial charge in [-0.25, -0.2) is 0 Å². The average molecular weight is 279 g/mol. The van der Waals surface area contributed by atoms with Crippen molar-refractivity contribution in [3.05, 3.63) is 23.3 Å². The molecule has 4 nitrogen and oxygen atoms in total. The Hall–Kier alpha value is -1.55. The van der Waals surface area contributed by atoms with Crippen molar-refractivity contribution in [3.8, 4) is 11.5 Å². The van der Waals surface area contributed by atoms with Crippen molar-refractivity contribution in [1.82, 2.24) is 0 Å². The number of ether oxygens (including phenoxy) is 1. The second-order valence-corrected chi connectivity index (χ2v) is 5.25. The summed E-state index contributed by atoms with van der Waals surface area (Å²) in [6.07, 6.45) is 1.81. The monoisotopic (exact) mass is 279 g/mol. The van der Waals surface area contributed by atoms with Crippen LogP contribution in [0.5, 0.6) is 11.5 Å². The smallest absolute Gasteiger partial charge is 0.325 e. The van der Waals surface area contributed by atoms with Crippen molar-refractivity contribution < 1.29 is 14.6 Å². The Labute approximate surface area is 120 Å². The number of carbonyl (C=O) groups excluding carboxylic acids is 1. The van der Waals surface area contributed by atoms with Crippen LogP contribution in [0.2, 0.25) is 0 Å². The zero-order chi connectivity index (χ0) is 15.3. The number of carbonyl (C=O) groups is 1. The molecule has 0 aliphatic rings. The highest BCUT2D eigenvalue weighted by molar-refractivity contribution is 5.74. The first-order valence-electron chi connectivity index (χ1n) is 7.22. The molecule has 1 rings (SSSR count). The third-order valence-corrected chi connectivity index (χ3v) is 3.83. The van der Waals surface area contributed by atoms with Crippen LogP contribution in [0.3, 0.4) is 0 Å². The van der Waals surface area contributed by atoms with Crippen molar-refractivity contribution >= 4 is 5.97 Å². The van der Waals surface area contributed by atoms with Crippen LogP contribution in [-0.4, -0.2) is 17.6 Å². The minimum atomic E-state index is -0.471. The summed E-state index contributed by atoms with van der Waals surface area (Å²) >= 11 is 0. The topological polar surface area (TPSA) is 72.5 Å². The zero-order valence-corrected chi connectivity index (χ0v) is 12.8. The maximum Gasteiger partial charge on any atom is 0.325 e. The summed E-state index contributed by atoms with van der Waals surface area (Å²) in [5.74, 6) is 0.717. The number of benzene rings is 1. The van der Waals surface area contributed by atoms with E-state index in [1.807, 2.05) is 13.8 Å². The molecular weight excluding hydrogens is 254 g/mol. The number of esters is 1. The molecule has 2 unspecified atom stereocenters. The van der Waals surface area contributed by atoms with Crippen molar-refractivity contribution in [2.75, 3.05) is 6.54 Å². The predicted octanol–water partition coefficient (Wildman–Crippen LogP) is 3.28. The van der Waals surface area contributed by atoms with E-state index >= 15 is 0 Å². The van der Waals surface area contributed by atoms with Crippen LogP contribution in [0.4, 0.5) is 0 Å². The lowest BCUT2D eigenvalue weighted by Gasteiger charge is -2.19. The minimum Gasteiger partial charge on any atom is -0.507 e. The number of phenolic OH excluding ortho intramolecular Hbond substituents is 1. The lowest BCUT2D eigenvalue weighted by molar-refractivity contribution is -0.132. The molecule has 0 bridgehead atoms. The molecular formula is C16H25NO3. The van der Waals surface area contributed by atoms with Crippen molar-refractivity contribution in [3.63, 3.8) is 0 Å². The normalized spacial score (nSPS) is 13.8. The summed E-state index contributed by atoms with van der Waals surface area (Å²) < 4.78 is 5.21. The fourth-order valence-corrected chi connectivity index (χ4v) is 2.07. The summed E-state index contributed by atoms with van der Waals surface area (Å²) in [5, 5.41) is 10.4. The largest absolute Gasteiger partial charge is 0.507 e. The lowest BCUT2D eigenvalue weighted by Crippen LogP contribution is -2.19. The van der Waals surface area contributed by atoms with Crippen molar-refractivity contribution in [2.24, 2.45) is 5.73 Å². The molecule has 1 aromatic rings. The molecule has 2 atom stereocenters. The van der Waals surface area contributed by atoms with Gasteiger partial charge in [-0.15, -0.1) is 0 Å². The molecule has 0 saturated heterocycles. The van der Waals surface area contributed by atoms with Gasteiger partial charge in [0.15, 0.2) is 0 Å². The van der Waals surface area contributed by atoms with Gasteiger partial charge in [-0.2, -0.15) is 0 Å². The SMILES string of the molecule is CCC(C)c1cc(OC(=O)CN)cc(C(C)CC)c1O. The number of hydrogen-bond acceptors (Lipinski definition) is 4. The number of aromatic hydroxyl groups is 1. The van der Waals surface area contributed by atoms with E-state index in [0.29, 0.717) is 11.5 Å². The summed E-state index contributed by atoms with van der Waals surface area (Å²) in [4.78, 5) is 11.4. The predicted molar refractivity (Wildman–Crippen MR) is 80.2 cm³/mol. The van der Waals surface area contributed by atoms with Crippen LogP contribution in [0.15, 0.2) is 12.1 Å². The van der Waals surface area contributed by atoms with Crippen LogP contribution in [0.1, 0.15) is 63.5 Å². The van der Waals surface area contributed by atoms with E-state index in [1.165, 1.54) is 0 Å². The van der Waals surface area contributed by atoms with E-state index in [9.17, 15) is 9.90 Å². The fraction of sp³-hybridized carbons (Fsp3) is 0.562. The van der Waals surface area contributed by atoms with Gasteiger partial charge in [-0.05, 0) is 36.8 Å². The van der Waals surface area contributed by atoms with Gasteiger partial charge in [0, 0.05) is 11.1 Å². The Bertz CT molecular complexity index is 440. The van der Waals surface area contributed by atoms with Gasteiger partial charge in [-0.1, -0.05) is 27.7 Å². The van der Waals surface area contributed by atoms with Gasteiger partial charge in [-0.3, -0.25) is 4.79 Å². The molecule has 0 aliphatic carbocycles. The molecule has 4 heteroatoms. The van der Waals surface area contributed by atoms with E-state index in [2.05, 4.69) is 13.8 Å². The Morgan fingerprint density at radius 2 is 1.65 bits per heavy atom. The number of rotatable bonds is 6. The second-order valence-electron chi connectivity index (χ2n) is 5.25. The Morgan fingerprint density at radius 3 is 2.00 bits per heavy atom. The summed E-state index contributed by atoms with van der Waals surface area (Å²) in [6, 6.07) is 3.48. The van der Waals surface area contributed by atoms with Crippen LogP contribution < -0.4 is 10.5 Å². The zero-order valence-electron chi connectivity index (χ0n) is 12.8. The van der Waals surface area contributed by atoms with Gasteiger partial charge in [0.05, 0.1) is 6.54 Å². The van der Waals surface area contributed by atoms with Crippen molar-refractivity contribution in [1.29, 1.82) is 0 Å². The average Bonchev–Trinajstić information content (AvgIpc) is 2.46. The second kappa shape index (κ2) is 7.29. The van der Waals surface area contributed by atoms with Crippen LogP contribution in [-0.2, 0) is 4.79 Å². The van der Waals surface area contributed by atoms with E-state index < -0.39 is 5.97 Å². The number of hydrogen-bond donors (Lipinski definition) is 2. The number of nitrogens with two attached hydrogens (primary N) is 1. The molecule has 1 aromatic carbocycles.